The Kier molecular flexibility index (Phi) is 13.5. The van der Waals surface area contributed by atoms with Crippen LogP contribution in [0.5, 0.6) is 0 Å². The van der Waals surface area contributed by atoms with Crippen LogP contribution in [0.25, 0.3) is 0 Å². The maximum Gasteiger partial charge on any atom is 0.156 e. The molecule has 6 heteroatoms. The summed E-state index contributed by atoms with van der Waals surface area (Å²) in [4.78, 5) is 0. The van der Waals surface area contributed by atoms with Gasteiger partial charge in [0.05, 0.1) is 11.4 Å². The first-order chi connectivity index (χ1) is 13.1. The molecule has 4 N–H and O–H groups in total. The van der Waals surface area contributed by atoms with Crippen LogP contribution in [0.2, 0.25) is 0 Å². The van der Waals surface area contributed by atoms with Crippen molar-refractivity contribution in [1.29, 1.82) is 0 Å². The fourth-order valence-corrected chi connectivity index (χ4v) is 2.92. The van der Waals surface area contributed by atoms with E-state index in [2.05, 4.69) is 51.2 Å². The van der Waals surface area contributed by atoms with E-state index in [1.165, 1.54) is 19.3 Å². The highest BCUT2D eigenvalue weighted by atomic mass is 79.9. The minimum absolute atomic E-state index is 0.316. The summed E-state index contributed by atoms with van der Waals surface area (Å²) in [6.45, 7) is 16.4. The number of nitrogens with two attached hydrogens (primary N) is 1. The first-order valence-corrected chi connectivity index (χ1v) is 10.2. The molecule has 1 aliphatic carbocycles. The molecule has 4 nitrogen and oxygen atoms in total. The second-order valence-corrected chi connectivity index (χ2v) is 6.93. The number of aromatic amines is 1. The lowest BCUT2D eigenvalue weighted by atomic mass is 9.81. The Morgan fingerprint density at radius 1 is 1.41 bits per heavy atom. The van der Waals surface area contributed by atoms with E-state index in [4.69, 9.17) is 5.73 Å². The van der Waals surface area contributed by atoms with Crippen molar-refractivity contribution in [3.05, 3.63) is 64.8 Å². The van der Waals surface area contributed by atoms with Crippen LogP contribution in [0.4, 0.5) is 4.39 Å². The quantitative estimate of drug-likeness (QED) is 0.355. The van der Waals surface area contributed by atoms with Crippen molar-refractivity contribution in [2.75, 3.05) is 6.54 Å². The van der Waals surface area contributed by atoms with E-state index in [9.17, 15) is 4.39 Å². The molecule has 0 unspecified atom stereocenters. The van der Waals surface area contributed by atoms with Crippen molar-refractivity contribution in [1.82, 2.24) is 15.5 Å². The van der Waals surface area contributed by atoms with Gasteiger partial charge in [0.25, 0.3) is 0 Å². The highest BCUT2D eigenvalue weighted by Gasteiger charge is 2.25. The Hall–Kier alpha value is -1.66. The van der Waals surface area contributed by atoms with E-state index in [-0.39, 0.29) is 5.83 Å². The van der Waals surface area contributed by atoms with Gasteiger partial charge in [-0.1, -0.05) is 48.9 Å². The molecule has 0 bridgehead atoms. The van der Waals surface area contributed by atoms with Gasteiger partial charge in [-0.15, -0.1) is 13.2 Å². The lowest BCUT2D eigenvalue weighted by Crippen LogP contribution is -2.19. The predicted octanol–water partition coefficient (Wildman–Crippen LogP) is 5.76. The van der Waals surface area contributed by atoms with Gasteiger partial charge in [-0.3, -0.25) is 5.10 Å². The summed E-state index contributed by atoms with van der Waals surface area (Å²) in [6, 6.07) is 0. The average molecular weight is 441 g/mol. The molecular formula is C21H34BrFN4. The second-order valence-electron chi connectivity index (χ2n) is 5.74. The first-order valence-electron chi connectivity index (χ1n) is 9.43. The van der Waals surface area contributed by atoms with Gasteiger partial charge in [-0.2, -0.15) is 5.10 Å². The molecule has 1 aromatic heterocycles. The lowest BCUT2D eigenvalue weighted by Gasteiger charge is -2.24. The van der Waals surface area contributed by atoms with Gasteiger partial charge in [-0.05, 0) is 25.8 Å². The van der Waals surface area contributed by atoms with E-state index < -0.39 is 0 Å². The molecule has 0 radical (unpaired) electrons. The molecule has 1 heterocycles. The number of H-pyrrole nitrogens is 1. The lowest BCUT2D eigenvalue weighted by molar-refractivity contribution is 0.408. The van der Waals surface area contributed by atoms with Gasteiger partial charge < -0.3 is 11.1 Å². The topological polar surface area (TPSA) is 66.7 Å². The fourth-order valence-electron chi connectivity index (χ4n) is 2.71. The molecule has 1 fully saturated rings. The average Bonchev–Trinajstić information content (AvgIpc) is 3.04. The molecule has 0 amide bonds. The molecule has 0 aromatic carbocycles. The summed E-state index contributed by atoms with van der Waals surface area (Å²) >= 11 is 3.16. The SMILES string of the molecule is C=C.C=C/C=C(NCCc1[nH]nc(C2CCC2)c1CN)\C(F)=C(/C)Br.CC. The molecule has 27 heavy (non-hydrogen) atoms. The van der Waals surface area contributed by atoms with E-state index in [0.717, 1.165) is 23.4 Å². The Labute approximate surface area is 172 Å². The highest BCUT2D eigenvalue weighted by molar-refractivity contribution is 9.11. The molecule has 1 aromatic rings. The standard InChI is InChI=1S/C17H24BrFN4.C2H6.C2H4/c1-3-5-15(16(19)11(2)18)21-9-8-14-13(10-20)17(23-22-14)12-6-4-7-12;2*1-2/h3,5,12,21H,1,4,6-10,20H2,2H3,(H,22,23);1-2H3;1-2H2/b15-5+,16-11-;;. The molecule has 0 saturated heterocycles. The van der Waals surface area contributed by atoms with E-state index in [1.54, 1.807) is 19.1 Å². The number of halogens is 2. The maximum absolute atomic E-state index is 14.0. The first kappa shape index (κ1) is 25.3. The van der Waals surface area contributed by atoms with Crippen LogP contribution in [0.3, 0.4) is 0 Å². The summed E-state index contributed by atoms with van der Waals surface area (Å²) < 4.78 is 14.5. The fraction of sp³-hybridized carbons (Fsp3) is 0.476. The third-order valence-electron chi connectivity index (χ3n) is 4.19. The second kappa shape index (κ2) is 14.4. The van der Waals surface area contributed by atoms with Gasteiger partial charge in [0.15, 0.2) is 5.83 Å². The van der Waals surface area contributed by atoms with Crippen LogP contribution in [0.1, 0.15) is 62.9 Å². The van der Waals surface area contributed by atoms with Crippen LogP contribution >= 0.6 is 15.9 Å². The monoisotopic (exact) mass is 440 g/mol. The molecular weight excluding hydrogens is 407 g/mol. The van der Waals surface area contributed by atoms with Crippen molar-refractivity contribution >= 4 is 15.9 Å². The number of allylic oxidation sites excluding steroid dienone is 4. The zero-order valence-corrected chi connectivity index (χ0v) is 18.5. The molecule has 0 aliphatic heterocycles. The van der Waals surface area contributed by atoms with Gasteiger partial charge in [0.2, 0.25) is 0 Å². The van der Waals surface area contributed by atoms with Crippen molar-refractivity contribution < 1.29 is 4.39 Å². The van der Waals surface area contributed by atoms with E-state index >= 15 is 0 Å². The third-order valence-corrected chi connectivity index (χ3v) is 4.54. The highest BCUT2D eigenvalue weighted by Crippen LogP contribution is 2.37. The Morgan fingerprint density at radius 3 is 2.48 bits per heavy atom. The third kappa shape index (κ3) is 7.46. The smallest absolute Gasteiger partial charge is 0.156 e. The Balaban J connectivity index is 0.00000158. The molecule has 0 atom stereocenters. The van der Waals surface area contributed by atoms with Crippen molar-refractivity contribution in [2.24, 2.45) is 5.73 Å². The van der Waals surface area contributed by atoms with Crippen LogP contribution in [0.15, 0.2) is 47.9 Å². The maximum atomic E-state index is 14.0. The Morgan fingerprint density at radius 2 is 2.04 bits per heavy atom. The predicted molar refractivity (Wildman–Crippen MR) is 118 cm³/mol. The normalized spacial score (nSPS) is 14.7. The molecule has 0 spiro atoms. The van der Waals surface area contributed by atoms with Crippen molar-refractivity contribution in [3.8, 4) is 0 Å². The summed E-state index contributed by atoms with van der Waals surface area (Å²) in [5.41, 5.74) is 9.61. The minimum atomic E-state index is -0.316. The van der Waals surface area contributed by atoms with Crippen LogP contribution in [-0.4, -0.2) is 16.7 Å². The molecule has 2 rings (SSSR count). The van der Waals surface area contributed by atoms with Gasteiger partial charge >= 0.3 is 0 Å². The zero-order chi connectivity index (χ0) is 20.8. The number of rotatable bonds is 8. The summed E-state index contributed by atoms with van der Waals surface area (Å²) in [6.07, 6.45) is 7.57. The summed E-state index contributed by atoms with van der Waals surface area (Å²) in [7, 11) is 0. The number of hydrogen-bond donors (Lipinski definition) is 3. The van der Waals surface area contributed by atoms with Gasteiger partial charge in [-0.25, -0.2) is 4.39 Å². The van der Waals surface area contributed by atoms with Crippen LogP contribution in [-0.2, 0) is 13.0 Å². The van der Waals surface area contributed by atoms with Crippen LogP contribution < -0.4 is 11.1 Å². The number of nitrogens with one attached hydrogen (secondary N) is 2. The zero-order valence-electron chi connectivity index (χ0n) is 16.9. The van der Waals surface area contributed by atoms with Crippen LogP contribution in [0, 0.1) is 0 Å². The molecule has 1 saturated carbocycles. The number of aromatic nitrogens is 2. The minimum Gasteiger partial charge on any atom is -0.382 e. The number of hydrogen-bond acceptors (Lipinski definition) is 3. The summed E-state index contributed by atoms with van der Waals surface area (Å²) in [5.74, 6) is 0.239. The van der Waals surface area contributed by atoms with E-state index in [0.29, 0.717) is 29.2 Å². The Bertz CT molecular complexity index is 626. The van der Waals surface area contributed by atoms with Gasteiger partial charge in [0, 0.05) is 41.2 Å². The van der Waals surface area contributed by atoms with Crippen molar-refractivity contribution in [3.63, 3.8) is 0 Å². The van der Waals surface area contributed by atoms with Crippen molar-refractivity contribution in [2.45, 2.75) is 58.9 Å². The molecule has 152 valence electrons. The van der Waals surface area contributed by atoms with Gasteiger partial charge in [0.1, 0.15) is 0 Å². The summed E-state index contributed by atoms with van der Waals surface area (Å²) in [5, 5.41) is 10.7. The largest absolute Gasteiger partial charge is 0.382 e. The number of nitrogens with zero attached hydrogens (tertiary/aromatic N) is 1. The van der Waals surface area contributed by atoms with E-state index in [1.807, 2.05) is 13.8 Å². The molecule has 1 aliphatic rings.